The lowest BCUT2D eigenvalue weighted by Crippen LogP contribution is -2.19. The zero-order valence-electron chi connectivity index (χ0n) is 15.0. The average molecular weight is 481 g/mol. The molecule has 0 aliphatic heterocycles. The molecule has 6 nitrogen and oxygen atoms in total. The molecular formula is C18H11Cl3F3N3O3. The van der Waals surface area contributed by atoms with Crippen LogP contribution in [0, 0.1) is 0 Å². The Morgan fingerprint density at radius 3 is 2.27 bits per heavy atom. The maximum absolute atomic E-state index is 13.6. The Kier molecular flexibility index (Phi) is 6.16. The first-order chi connectivity index (χ1) is 14.1. The second-order valence-corrected chi connectivity index (χ2v) is 7.00. The molecule has 1 aromatic carbocycles. The topological polar surface area (TPSA) is 66.1 Å². The van der Waals surface area contributed by atoms with Gasteiger partial charge in [-0.25, -0.2) is 9.48 Å². The fraction of sp³-hybridized carbons (Fsp3) is 0.167. The largest absolute Gasteiger partial charge is 0.462 e. The van der Waals surface area contributed by atoms with E-state index in [1.165, 1.54) is 37.4 Å². The molecule has 0 aliphatic rings. The van der Waals surface area contributed by atoms with Crippen LogP contribution in [0.15, 0.2) is 41.5 Å². The van der Waals surface area contributed by atoms with Crippen LogP contribution in [0.3, 0.4) is 0 Å². The molecule has 30 heavy (non-hydrogen) atoms. The Morgan fingerprint density at radius 1 is 1.10 bits per heavy atom. The van der Waals surface area contributed by atoms with Crippen LogP contribution in [0.25, 0.3) is 11.4 Å². The minimum absolute atomic E-state index is 0.000768. The highest BCUT2D eigenvalue weighted by atomic mass is 35.5. The Labute approximate surface area is 182 Å². The third-order valence-corrected chi connectivity index (χ3v) is 5.18. The van der Waals surface area contributed by atoms with Crippen molar-refractivity contribution in [1.29, 1.82) is 0 Å². The Morgan fingerprint density at radius 2 is 1.70 bits per heavy atom. The number of pyridine rings is 1. The summed E-state index contributed by atoms with van der Waals surface area (Å²) in [6.07, 6.45) is -2.84. The van der Waals surface area contributed by atoms with E-state index in [4.69, 9.17) is 34.8 Å². The summed E-state index contributed by atoms with van der Waals surface area (Å²) in [6, 6.07) is 5.30. The van der Waals surface area contributed by atoms with Crippen LogP contribution in [0.2, 0.25) is 15.1 Å². The molecule has 0 N–H and O–H groups in total. The van der Waals surface area contributed by atoms with Crippen LogP contribution < -0.4 is 5.56 Å². The number of esters is 1. The van der Waals surface area contributed by atoms with E-state index in [-0.39, 0.29) is 33.0 Å². The summed E-state index contributed by atoms with van der Waals surface area (Å²) in [5.74, 6) is -1.13. The maximum Gasteiger partial charge on any atom is 0.434 e. The quantitative estimate of drug-likeness (QED) is 0.483. The molecule has 3 rings (SSSR count). The van der Waals surface area contributed by atoms with Crippen molar-refractivity contribution in [1.82, 2.24) is 14.3 Å². The number of carbonyl (C=O) groups is 1. The minimum atomic E-state index is -4.87. The van der Waals surface area contributed by atoms with E-state index in [0.717, 1.165) is 10.8 Å². The number of ether oxygens (including phenoxy) is 1. The fourth-order valence-corrected chi connectivity index (χ4v) is 3.22. The third kappa shape index (κ3) is 4.05. The van der Waals surface area contributed by atoms with Gasteiger partial charge in [0.2, 0.25) is 0 Å². The Balaban J connectivity index is 2.08. The van der Waals surface area contributed by atoms with E-state index in [1.807, 2.05) is 0 Å². The van der Waals surface area contributed by atoms with Crippen molar-refractivity contribution in [2.45, 2.75) is 13.1 Å². The van der Waals surface area contributed by atoms with Crippen molar-refractivity contribution in [2.24, 2.45) is 0 Å². The second-order valence-electron chi connectivity index (χ2n) is 5.83. The van der Waals surface area contributed by atoms with Gasteiger partial charge in [0.1, 0.15) is 10.6 Å². The molecule has 0 radical (unpaired) electrons. The van der Waals surface area contributed by atoms with Gasteiger partial charge in [-0.15, -0.1) is 0 Å². The van der Waals surface area contributed by atoms with Gasteiger partial charge >= 0.3 is 12.1 Å². The van der Waals surface area contributed by atoms with E-state index in [1.54, 1.807) is 0 Å². The van der Waals surface area contributed by atoms with Crippen LogP contribution in [0.4, 0.5) is 13.2 Å². The van der Waals surface area contributed by atoms with Crippen molar-refractivity contribution in [3.63, 3.8) is 0 Å². The summed E-state index contributed by atoms with van der Waals surface area (Å²) in [5, 5.41) is 3.31. The number of carbonyl (C=O) groups excluding carboxylic acids is 1. The molecule has 0 bridgehead atoms. The van der Waals surface area contributed by atoms with Gasteiger partial charge in [0, 0.05) is 11.9 Å². The molecular weight excluding hydrogens is 470 g/mol. The zero-order valence-corrected chi connectivity index (χ0v) is 17.3. The number of rotatable bonds is 4. The first kappa shape index (κ1) is 22.2. The summed E-state index contributed by atoms with van der Waals surface area (Å²) < 4.78 is 47.1. The standard InChI is InChI=1S/C18H11Cl3F3N3O3/c1-2-30-17(29)11-7-25-27(15(11)18(22,23)24)10-5-3-9(4-6-10)26-8-12(19)13(20)14(21)16(26)28/h3-8H,2H2,1H3. The lowest BCUT2D eigenvalue weighted by Gasteiger charge is -2.13. The van der Waals surface area contributed by atoms with Gasteiger partial charge in [0.25, 0.3) is 5.56 Å². The number of nitrogens with zero attached hydrogens (tertiary/aromatic N) is 3. The number of alkyl halides is 3. The van der Waals surface area contributed by atoms with Gasteiger partial charge in [-0.1, -0.05) is 34.8 Å². The molecule has 0 fully saturated rings. The highest BCUT2D eigenvalue weighted by Gasteiger charge is 2.41. The molecule has 12 heteroatoms. The number of halogens is 6. The molecule has 0 saturated carbocycles. The van der Waals surface area contributed by atoms with Crippen LogP contribution in [0.5, 0.6) is 0 Å². The number of hydrogen-bond acceptors (Lipinski definition) is 4. The summed E-state index contributed by atoms with van der Waals surface area (Å²) in [7, 11) is 0. The van der Waals surface area contributed by atoms with Crippen LogP contribution in [-0.2, 0) is 10.9 Å². The van der Waals surface area contributed by atoms with E-state index >= 15 is 0 Å². The molecule has 0 unspecified atom stereocenters. The van der Waals surface area contributed by atoms with Crippen molar-refractivity contribution >= 4 is 40.8 Å². The van der Waals surface area contributed by atoms with Gasteiger partial charge < -0.3 is 4.74 Å². The molecule has 3 aromatic rings. The summed E-state index contributed by atoms with van der Waals surface area (Å²) in [5.41, 5.74) is -2.36. The fourth-order valence-electron chi connectivity index (χ4n) is 2.65. The zero-order chi connectivity index (χ0) is 22.2. The van der Waals surface area contributed by atoms with Crippen LogP contribution in [-0.4, -0.2) is 26.9 Å². The maximum atomic E-state index is 13.6. The van der Waals surface area contributed by atoms with Crippen LogP contribution in [0.1, 0.15) is 23.0 Å². The number of aromatic nitrogens is 3. The Bertz CT molecular complexity index is 1170. The van der Waals surface area contributed by atoms with Crippen molar-refractivity contribution in [3.05, 3.63) is 73.3 Å². The minimum Gasteiger partial charge on any atom is -0.462 e. The van der Waals surface area contributed by atoms with Gasteiger partial charge in [0.15, 0.2) is 5.69 Å². The summed E-state index contributed by atoms with van der Waals surface area (Å²) in [6.45, 7) is 1.39. The van der Waals surface area contributed by atoms with Gasteiger partial charge in [-0.3, -0.25) is 9.36 Å². The lowest BCUT2D eigenvalue weighted by molar-refractivity contribution is -0.143. The second kappa shape index (κ2) is 8.33. The van der Waals surface area contributed by atoms with Gasteiger partial charge in [0.05, 0.1) is 28.5 Å². The van der Waals surface area contributed by atoms with E-state index in [2.05, 4.69) is 9.84 Å². The first-order valence-electron chi connectivity index (χ1n) is 8.25. The van der Waals surface area contributed by atoms with E-state index < -0.39 is 29.0 Å². The summed E-state index contributed by atoms with van der Waals surface area (Å²) >= 11 is 17.6. The monoisotopic (exact) mass is 479 g/mol. The van der Waals surface area contributed by atoms with Crippen molar-refractivity contribution < 1.29 is 22.7 Å². The number of benzene rings is 1. The molecule has 0 amide bonds. The van der Waals surface area contributed by atoms with E-state index in [0.29, 0.717) is 4.68 Å². The highest BCUT2D eigenvalue weighted by molar-refractivity contribution is 6.47. The predicted molar refractivity (Wildman–Crippen MR) is 105 cm³/mol. The average Bonchev–Trinajstić information content (AvgIpc) is 3.15. The molecule has 0 spiro atoms. The SMILES string of the molecule is CCOC(=O)c1cnn(-c2ccc(-n3cc(Cl)c(Cl)c(Cl)c3=O)cc2)c1C(F)(F)F. The van der Waals surface area contributed by atoms with Crippen LogP contribution >= 0.6 is 34.8 Å². The lowest BCUT2D eigenvalue weighted by atomic mass is 10.2. The van der Waals surface area contributed by atoms with E-state index in [9.17, 15) is 22.8 Å². The third-order valence-electron chi connectivity index (χ3n) is 3.96. The molecule has 2 heterocycles. The smallest absolute Gasteiger partial charge is 0.434 e. The number of hydrogen-bond donors (Lipinski definition) is 0. The molecule has 158 valence electrons. The predicted octanol–water partition coefficient (Wildman–Crippen LogP) is 5.18. The molecule has 0 atom stereocenters. The van der Waals surface area contributed by atoms with Gasteiger partial charge in [-0.2, -0.15) is 18.3 Å². The first-order valence-corrected chi connectivity index (χ1v) is 9.39. The Hall–Kier alpha value is -2.49. The van der Waals surface area contributed by atoms with Crippen molar-refractivity contribution in [2.75, 3.05) is 6.61 Å². The molecule has 2 aromatic heterocycles. The van der Waals surface area contributed by atoms with Crippen molar-refractivity contribution in [3.8, 4) is 11.4 Å². The van der Waals surface area contributed by atoms with Gasteiger partial charge in [-0.05, 0) is 31.2 Å². The molecule has 0 aliphatic carbocycles. The highest BCUT2D eigenvalue weighted by Crippen LogP contribution is 2.34. The summed E-state index contributed by atoms with van der Waals surface area (Å²) in [4.78, 5) is 24.2. The molecule has 0 saturated heterocycles. The normalized spacial score (nSPS) is 11.6.